The first-order valence-electron chi connectivity index (χ1n) is 8.89. The number of anilines is 2. The summed E-state index contributed by atoms with van der Waals surface area (Å²) in [6, 6.07) is 12.8. The number of thiazole rings is 1. The topological polar surface area (TPSA) is 92.2 Å². The molecule has 6 nitrogen and oxygen atoms in total. The van der Waals surface area contributed by atoms with Crippen LogP contribution in [0.2, 0.25) is 0 Å². The normalized spacial score (nSPS) is 11.9. The molecule has 2 N–H and O–H groups in total. The quantitative estimate of drug-likeness (QED) is 0.443. The van der Waals surface area contributed by atoms with Crippen molar-refractivity contribution < 1.29 is 13.5 Å². The number of nitrogens with zero attached hydrogens (tertiary/aromatic N) is 2. The van der Waals surface area contributed by atoms with Crippen molar-refractivity contribution >= 4 is 53.7 Å². The smallest absolute Gasteiger partial charge is 0.178 e. The number of benzene rings is 2. The van der Waals surface area contributed by atoms with Crippen LogP contribution in [0.4, 0.5) is 11.4 Å². The van der Waals surface area contributed by atoms with Gasteiger partial charge in [0.1, 0.15) is 0 Å². The fourth-order valence-corrected chi connectivity index (χ4v) is 5.09. The van der Waals surface area contributed by atoms with E-state index in [9.17, 15) is 8.42 Å². The Hall–Kier alpha value is -2.55. The lowest BCUT2D eigenvalue weighted by molar-refractivity contribution is 0.287. The first-order chi connectivity index (χ1) is 13.6. The highest BCUT2D eigenvalue weighted by Crippen LogP contribution is 2.29. The number of aliphatic hydroxyl groups excluding tert-OH is 1. The monoisotopic (exact) mass is 413 g/mol. The fraction of sp³-hybridized carbons (Fsp3) is 0.200. The van der Waals surface area contributed by atoms with Crippen molar-refractivity contribution in [3.63, 3.8) is 0 Å². The van der Waals surface area contributed by atoms with Gasteiger partial charge in [-0.05, 0) is 55.3 Å². The molecule has 0 radical (unpaired) electrons. The van der Waals surface area contributed by atoms with Gasteiger partial charge in [0.2, 0.25) is 0 Å². The Kier molecular flexibility index (Phi) is 5.25. The minimum absolute atomic E-state index is 0.00540. The van der Waals surface area contributed by atoms with Crippen molar-refractivity contribution in [1.82, 2.24) is 9.97 Å². The highest BCUT2D eigenvalue weighted by atomic mass is 32.2. The van der Waals surface area contributed by atoms with Crippen LogP contribution >= 0.6 is 11.3 Å². The van der Waals surface area contributed by atoms with Gasteiger partial charge in [0.25, 0.3) is 0 Å². The second-order valence-corrected chi connectivity index (χ2v) is 9.44. The van der Waals surface area contributed by atoms with Crippen molar-refractivity contribution in [2.24, 2.45) is 0 Å². The molecule has 0 aliphatic carbocycles. The van der Waals surface area contributed by atoms with Gasteiger partial charge in [-0.1, -0.05) is 0 Å². The van der Waals surface area contributed by atoms with E-state index in [4.69, 9.17) is 5.11 Å². The van der Waals surface area contributed by atoms with Gasteiger partial charge in [-0.25, -0.2) is 13.4 Å². The van der Waals surface area contributed by atoms with E-state index in [0.29, 0.717) is 18.4 Å². The summed E-state index contributed by atoms with van der Waals surface area (Å²) < 4.78 is 26.3. The average Bonchev–Trinajstić information content (AvgIpc) is 3.16. The van der Waals surface area contributed by atoms with Gasteiger partial charge in [0.05, 0.1) is 31.9 Å². The van der Waals surface area contributed by atoms with E-state index in [1.165, 1.54) is 0 Å². The molecule has 4 aromatic rings. The second-order valence-electron chi connectivity index (χ2n) is 6.45. The van der Waals surface area contributed by atoms with E-state index in [1.807, 2.05) is 29.8 Å². The summed E-state index contributed by atoms with van der Waals surface area (Å²) >= 11 is 1.59. The third kappa shape index (κ3) is 3.84. The zero-order chi connectivity index (χ0) is 19.6. The van der Waals surface area contributed by atoms with Crippen LogP contribution in [-0.4, -0.2) is 35.9 Å². The van der Waals surface area contributed by atoms with Crippen molar-refractivity contribution in [1.29, 1.82) is 0 Å². The molecule has 0 saturated heterocycles. The van der Waals surface area contributed by atoms with E-state index in [2.05, 4.69) is 15.3 Å². The molecule has 0 atom stereocenters. The summed E-state index contributed by atoms with van der Waals surface area (Å²) in [6.07, 6.45) is 2.60. The molecule has 0 saturated carbocycles. The molecule has 0 aliphatic rings. The lowest BCUT2D eigenvalue weighted by Crippen LogP contribution is -2.07. The summed E-state index contributed by atoms with van der Waals surface area (Å²) in [7, 11) is -3.41. The van der Waals surface area contributed by atoms with Crippen molar-refractivity contribution in [3.05, 3.63) is 54.2 Å². The van der Waals surface area contributed by atoms with Gasteiger partial charge in [0, 0.05) is 29.6 Å². The Morgan fingerprint density at radius 1 is 1.00 bits per heavy atom. The molecule has 28 heavy (non-hydrogen) atoms. The van der Waals surface area contributed by atoms with Crippen molar-refractivity contribution in [3.8, 4) is 0 Å². The van der Waals surface area contributed by atoms with E-state index in [0.717, 1.165) is 27.0 Å². The SMILES string of the molecule is O=S(=O)(CCCCO)c1ccc2nccc(Nc3ccc4scnc4c3)c2c1. The number of hydrogen-bond acceptors (Lipinski definition) is 7. The number of sulfone groups is 1. The van der Waals surface area contributed by atoms with Crippen LogP contribution in [0.3, 0.4) is 0 Å². The van der Waals surface area contributed by atoms with Gasteiger partial charge in [-0.3, -0.25) is 4.98 Å². The number of unbranched alkanes of at least 4 members (excludes halogenated alkanes) is 1. The van der Waals surface area contributed by atoms with Crippen LogP contribution in [0, 0.1) is 0 Å². The number of rotatable bonds is 7. The Labute approximate surface area is 166 Å². The maximum Gasteiger partial charge on any atom is 0.178 e. The maximum absolute atomic E-state index is 12.6. The zero-order valence-corrected chi connectivity index (χ0v) is 16.6. The fourth-order valence-electron chi connectivity index (χ4n) is 3.04. The molecule has 4 rings (SSSR count). The summed E-state index contributed by atoms with van der Waals surface area (Å²) in [5, 5.41) is 13.0. The predicted molar refractivity (Wildman–Crippen MR) is 113 cm³/mol. The summed E-state index contributed by atoms with van der Waals surface area (Å²) in [5.74, 6) is 0.0165. The lowest BCUT2D eigenvalue weighted by atomic mass is 10.2. The number of hydrogen-bond donors (Lipinski definition) is 2. The van der Waals surface area contributed by atoms with Gasteiger partial charge in [-0.2, -0.15) is 0 Å². The maximum atomic E-state index is 12.6. The standard InChI is InChI=1S/C20H19N3O3S2/c24-9-1-2-10-28(25,26)15-4-5-17-16(12-15)18(7-8-21-17)23-14-3-6-20-19(11-14)22-13-27-20/h3-8,11-13,24H,1-2,9-10H2,(H,21,23). The summed E-state index contributed by atoms with van der Waals surface area (Å²) in [6.45, 7) is -0.00540. The van der Waals surface area contributed by atoms with Crippen LogP contribution in [0.25, 0.3) is 21.1 Å². The third-order valence-corrected chi connectivity index (χ3v) is 7.11. The largest absolute Gasteiger partial charge is 0.396 e. The van der Waals surface area contributed by atoms with E-state index >= 15 is 0 Å². The van der Waals surface area contributed by atoms with E-state index in [1.54, 1.807) is 35.7 Å². The summed E-state index contributed by atoms with van der Waals surface area (Å²) in [5.41, 5.74) is 5.10. The van der Waals surface area contributed by atoms with Crippen molar-refractivity contribution in [2.75, 3.05) is 17.7 Å². The van der Waals surface area contributed by atoms with E-state index in [-0.39, 0.29) is 17.3 Å². The highest BCUT2D eigenvalue weighted by molar-refractivity contribution is 7.91. The summed E-state index contributed by atoms with van der Waals surface area (Å²) in [4.78, 5) is 8.95. The molecule has 0 fully saturated rings. The third-order valence-electron chi connectivity index (χ3n) is 4.50. The van der Waals surface area contributed by atoms with Crippen LogP contribution in [0.1, 0.15) is 12.8 Å². The molecule has 0 unspecified atom stereocenters. The molecule has 2 aromatic heterocycles. The van der Waals surface area contributed by atoms with Crippen molar-refractivity contribution in [2.45, 2.75) is 17.7 Å². The molecule has 8 heteroatoms. The Balaban J connectivity index is 1.70. The van der Waals surface area contributed by atoms with Crippen LogP contribution < -0.4 is 5.32 Å². The molecular formula is C20H19N3O3S2. The van der Waals surface area contributed by atoms with Crippen LogP contribution in [0.5, 0.6) is 0 Å². The Bertz CT molecular complexity index is 1240. The molecule has 2 aromatic carbocycles. The first kappa shape index (κ1) is 18.8. The molecular weight excluding hydrogens is 394 g/mol. The molecule has 2 heterocycles. The Morgan fingerprint density at radius 3 is 2.75 bits per heavy atom. The average molecular weight is 414 g/mol. The van der Waals surface area contributed by atoms with Gasteiger partial charge in [-0.15, -0.1) is 11.3 Å². The molecule has 0 bridgehead atoms. The van der Waals surface area contributed by atoms with E-state index < -0.39 is 9.84 Å². The molecule has 0 amide bonds. The number of aliphatic hydroxyl groups is 1. The molecule has 144 valence electrons. The van der Waals surface area contributed by atoms with Crippen LogP contribution in [-0.2, 0) is 9.84 Å². The minimum atomic E-state index is -3.41. The number of pyridine rings is 1. The van der Waals surface area contributed by atoms with Gasteiger partial charge in [0.15, 0.2) is 9.84 Å². The highest BCUT2D eigenvalue weighted by Gasteiger charge is 2.16. The molecule has 0 spiro atoms. The number of fused-ring (bicyclic) bond motifs is 2. The second kappa shape index (κ2) is 7.83. The minimum Gasteiger partial charge on any atom is -0.396 e. The van der Waals surface area contributed by atoms with Crippen LogP contribution in [0.15, 0.2) is 59.1 Å². The predicted octanol–water partition coefficient (Wildman–Crippen LogP) is 4.13. The Morgan fingerprint density at radius 2 is 1.89 bits per heavy atom. The van der Waals surface area contributed by atoms with Gasteiger partial charge >= 0.3 is 0 Å². The number of aromatic nitrogens is 2. The lowest BCUT2D eigenvalue weighted by Gasteiger charge is -2.11. The molecule has 0 aliphatic heterocycles. The zero-order valence-electron chi connectivity index (χ0n) is 15.0. The van der Waals surface area contributed by atoms with Gasteiger partial charge < -0.3 is 10.4 Å². The first-order valence-corrected chi connectivity index (χ1v) is 11.4. The number of nitrogens with one attached hydrogen (secondary N) is 1.